The van der Waals surface area contributed by atoms with Crippen LogP contribution in [0.25, 0.3) is 0 Å². The number of carbonyl (C=O) groups excluding carboxylic acids is 5. The van der Waals surface area contributed by atoms with Crippen molar-refractivity contribution in [2.24, 2.45) is 34.8 Å². The van der Waals surface area contributed by atoms with Gasteiger partial charge in [-0.2, -0.15) is 0 Å². The van der Waals surface area contributed by atoms with Crippen LogP contribution in [0.1, 0.15) is 139 Å². The standard InChI is InChI=1S/C55H79N7O5/c56-33-17-16-29-48(61-53(66)47(59)38-42-25-12-4-13-26-42)54(67)62-34-18-30-49(62)51(64)55(43-27-14-5-15-28-43,50(63)45(57)36-40-21-8-2-9-22-40)32-31-44(35-39-19-6-1-7-20-39)60-52(65)46(58)37-41-23-10-3-11-24-41/h1,4-7,12-15,19-20,25-28,40-41,44-49H,2-3,8-11,16-18,21-24,29-38,56-59H2,(H,60,65)(H,61,66)/t44?,45-,46+,47+,48+,49+,55?/m1/s1. The van der Waals surface area contributed by atoms with Crippen LogP contribution >= 0.6 is 0 Å². The molecule has 6 rings (SSSR count). The first-order chi connectivity index (χ1) is 32.5. The quantitative estimate of drug-likeness (QED) is 0.0412. The summed E-state index contributed by atoms with van der Waals surface area (Å²) in [6.45, 7) is 0.710. The molecule has 0 radical (unpaired) electrons. The van der Waals surface area contributed by atoms with Crippen LogP contribution in [0, 0.1) is 11.8 Å². The maximum atomic E-state index is 16.1. The lowest BCUT2D eigenvalue weighted by molar-refractivity contribution is -0.146. The topological polar surface area (TPSA) is 217 Å². The lowest BCUT2D eigenvalue weighted by Crippen LogP contribution is -2.60. The average Bonchev–Trinajstić information content (AvgIpc) is 3.85. The second kappa shape index (κ2) is 26.1. The number of nitrogens with two attached hydrogens (primary N) is 4. The highest BCUT2D eigenvalue weighted by atomic mass is 16.2. The molecule has 10 N–H and O–H groups in total. The second-order valence-corrected chi connectivity index (χ2v) is 20.0. The number of Topliss-reactive ketones (excluding diaryl/α,β-unsaturated/α-hetero) is 2. The zero-order valence-electron chi connectivity index (χ0n) is 39.8. The monoisotopic (exact) mass is 918 g/mol. The SMILES string of the molecule is NCCCC[C@H](NC(=O)[C@@H](N)Cc1ccccc1)C(=O)N1CCC[C@H]1C(=O)C(CCC(Cc1ccccc1)NC(=O)[C@@H](N)CC1CCCCC1)(C(=O)[C@H](N)CC1CCCCC1)c1ccccc1. The minimum atomic E-state index is -1.75. The number of nitrogens with zero attached hydrogens (tertiary/aromatic N) is 1. The summed E-state index contributed by atoms with van der Waals surface area (Å²) in [5, 5.41) is 6.25. The van der Waals surface area contributed by atoms with Gasteiger partial charge in [0.2, 0.25) is 17.7 Å². The molecule has 1 saturated heterocycles. The lowest BCUT2D eigenvalue weighted by atomic mass is 9.64. The number of unbranched alkanes of at least 4 members (excludes halogenated alkanes) is 1. The lowest BCUT2D eigenvalue weighted by Gasteiger charge is -2.40. The van der Waals surface area contributed by atoms with E-state index in [-0.39, 0.29) is 48.7 Å². The zero-order chi connectivity index (χ0) is 47.6. The van der Waals surface area contributed by atoms with Crippen molar-refractivity contribution < 1.29 is 24.0 Å². The Morgan fingerprint density at radius 2 is 1.13 bits per heavy atom. The number of hydrogen-bond acceptors (Lipinski definition) is 9. The summed E-state index contributed by atoms with van der Waals surface area (Å²) in [5.74, 6) is -1.12. The molecule has 3 aromatic rings. The summed E-state index contributed by atoms with van der Waals surface area (Å²) in [5.41, 5.74) is 26.7. The molecule has 67 heavy (non-hydrogen) atoms. The van der Waals surface area contributed by atoms with Crippen LogP contribution in [-0.2, 0) is 42.2 Å². The Labute approximate surface area is 399 Å². The van der Waals surface area contributed by atoms with Gasteiger partial charge in [-0.1, -0.05) is 155 Å². The van der Waals surface area contributed by atoms with Gasteiger partial charge in [-0.05, 0) is 106 Å². The number of nitrogens with one attached hydrogen (secondary N) is 2. The van der Waals surface area contributed by atoms with Crippen LogP contribution < -0.4 is 33.6 Å². The van der Waals surface area contributed by atoms with Gasteiger partial charge in [-0.3, -0.25) is 24.0 Å². The molecule has 3 fully saturated rings. The third-order valence-corrected chi connectivity index (χ3v) is 15.0. The third kappa shape index (κ3) is 14.4. The Hall–Kier alpha value is -4.75. The Morgan fingerprint density at radius 1 is 0.597 bits per heavy atom. The maximum absolute atomic E-state index is 16.1. The van der Waals surface area contributed by atoms with E-state index in [0.29, 0.717) is 75.8 Å². The molecule has 364 valence electrons. The predicted molar refractivity (Wildman–Crippen MR) is 265 cm³/mol. The largest absolute Gasteiger partial charge is 0.352 e. The summed E-state index contributed by atoms with van der Waals surface area (Å²) in [7, 11) is 0. The van der Waals surface area contributed by atoms with Crippen LogP contribution in [0.5, 0.6) is 0 Å². The Kier molecular flexibility index (Phi) is 20.1. The summed E-state index contributed by atoms with van der Waals surface area (Å²) in [4.78, 5) is 76.0. The van der Waals surface area contributed by atoms with Crippen LogP contribution in [0.2, 0.25) is 0 Å². The fourth-order valence-corrected chi connectivity index (χ4v) is 11.2. The number of ketones is 2. The highest BCUT2D eigenvalue weighted by Gasteiger charge is 2.54. The fraction of sp³-hybridized carbons (Fsp3) is 0.582. The van der Waals surface area contributed by atoms with Gasteiger partial charge >= 0.3 is 0 Å². The third-order valence-electron chi connectivity index (χ3n) is 15.0. The molecule has 2 saturated carbocycles. The van der Waals surface area contributed by atoms with Crippen molar-refractivity contribution in [1.29, 1.82) is 0 Å². The van der Waals surface area contributed by atoms with E-state index >= 15 is 9.59 Å². The first-order valence-corrected chi connectivity index (χ1v) is 25.6. The van der Waals surface area contributed by atoms with Crippen molar-refractivity contribution in [3.8, 4) is 0 Å². The summed E-state index contributed by atoms with van der Waals surface area (Å²) in [6, 6.07) is 23.7. The molecular weight excluding hydrogens is 839 g/mol. The van der Waals surface area contributed by atoms with E-state index < -0.39 is 47.6 Å². The first-order valence-electron chi connectivity index (χ1n) is 25.6. The molecule has 12 heteroatoms. The molecule has 3 aromatic carbocycles. The first kappa shape index (κ1) is 51.6. The van der Waals surface area contributed by atoms with E-state index in [1.807, 2.05) is 91.0 Å². The van der Waals surface area contributed by atoms with Crippen molar-refractivity contribution >= 4 is 29.3 Å². The summed E-state index contributed by atoms with van der Waals surface area (Å²) in [6.07, 6.45) is 15.5. The fourth-order valence-electron chi connectivity index (χ4n) is 11.2. The predicted octanol–water partition coefficient (Wildman–Crippen LogP) is 6.34. The average molecular weight is 918 g/mol. The number of benzene rings is 3. The van der Waals surface area contributed by atoms with Crippen LogP contribution in [-0.4, -0.2) is 83.5 Å². The molecule has 1 heterocycles. The molecule has 12 nitrogen and oxygen atoms in total. The van der Waals surface area contributed by atoms with Gasteiger partial charge in [-0.15, -0.1) is 0 Å². The Morgan fingerprint density at radius 3 is 1.72 bits per heavy atom. The van der Waals surface area contributed by atoms with Crippen molar-refractivity contribution in [3.63, 3.8) is 0 Å². The van der Waals surface area contributed by atoms with Gasteiger partial charge in [-0.25, -0.2) is 0 Å². The molecular formula is C55H79N7O5. The molecule has 2 unspecified atom stereocenters. The molecule has 1 aliphatic heterocycles. The van der Waals surface area contributed by atoms with Crippen molar-refractivity contribution in [2.75, 3.05) is 13.1 Å². The van der Waals surface area contributed by atoms with E-state index in [1.54, 1.807) is 4.90 Å². The number of carbonyl (C=O) groups is 5. The highest BCUT2D eigenvalue weighted by Crippen LogP contribution is 2.40. The van der Waals surface area contributed by atoms with Gasteiger partial charge in [0.25, 0.3) is 0 Å². The van der Waals surface area contributed by atoms with Gasteiger partial charge in [0.1, 0.15) is 11.5 Å². The van der Waals surface area contributed by atoms with Gasteiger partial charge in [0.05, 0.1) is 24.2 Å². The minimum absolute atomic E-state index is 0.0617. The molecule has 2 aliphatic carbocycles. The molecule has 0 bridgehead atoms. The van der Waals surface area contributed by atoms with E-state index in [0.717, 1.165) is 68.9 Å². The molecule has 0 aromatic heterocycles. The Bertz CT molecular complexity index is 2010. The normalized spacial score (nSPS) is 20.2. The highest BCUT2D eigenvalue weighted by molar-refractivity contribution is 6.17. The number of rotatable bonds is 25. The molecule has 3 aliphatic rings. The van der Waals surface area contributed by atoms with Crippen LogP contribution in [0.15, 0.2) is 91.0 Å². The number of amides is 3. The number of likely N-dealkylation sites (tertiary alicyclic amines) is 1. The van der Waals surface area contributed by atoms with E-state index in [9.17, 15) is 14.4 Å². The molecule has 3 amide bonds. The molecule has 0 spiro atoms. The number of hydrogen-bond donors (Lipinski definition) is 6. The zero-order valence-corrected chi connectivity index (χ0v) is 39.8. The van der Waals surface area contributed by atoms with Gasteiger partial charge in [0, 0.05) is 12.6 Å². The second-order valence-electron chi connectivity index (χ2n) is 20.0. The van der Waals surface area contributed by atoms with Gasteiger partial charge in [0.15, 0.2) is 11.6 Å². The van der Waals surface area contributed by atoms with Crippen LogP contribution in [0.3, 0.4) is 0 Å². The van der Waals surface area contributed by atoms with E-state index in [1.165, 1.54) is 6.42 Å². The Balaban J connectivity index is 1.33. The van der Waals surface area contributed by atoms with Crippen molar-refractivity contribution in [2.45, 2.75) is 177 Å². The summed E-state index contributed by atoms with van der Waals surface area (Å²) < 4.78 is 0. The molecule has 7 atom stereocenters. The van der Waals surface area contributed by atoms with E-state index in [4.69, 9.17) is 22.9 Å². The summed E-state index contributed by atoms with van der Waals surface area (Å²) >= 11 is 0. The van der Waals surface area contributed by atoms with Crippen molar-refractivity contribution in [1.82, 2.24) is 15.5 Å². The van der Waals surface area contributed by atoms with E-state index in [2.05, 4.69) is 10.6 Å². The van der Waals surface area contributed by atoms with Gasteiger partial charge < -0.3 is 38.5 Å². The maximum Gasteiger partial charge on any atom is 0.245 e. The van der Waals surface area contributed by atoms with Crippen LogP contribution in [0.4, 0.5) is 0 Å². The minimum Gasteiger partial charge on any atom is -0.352 e. The van der Waals surface area contributed by atoms with Crippen molar-refractivity contribution in [3.05, 3.63) is 108 Å². The smallest absolute Gasteiger partial charge is 0.245 e.